The maximum atomic E-state index is 5.90. The summed E-state index contributed by atoms with van der Waals surface area (Å²) in [6.45, 7) is 0.591. The van der Waals surface area contributed by atoms with E-state index in [0.29, 0.717) is 29.8 Å². The number of ether oxygens (including phenoxy) is 2. The third kappa shape index (κ3) is 3.05. The van der Waals surface area contributed by atoms with Crippen molar-refractivity contribution in [2.75, 3.05) is 24.8 Å². The summed E-state index contributed by atoms with van der Waals surface area (Å²) in [6, 6.07) is 14.1. The smallest absolute Gasteiger partial charge is 0.163 e. The number of nitrogens with one attached hydrogen (secondary N) is 1. The average molecular weight is 284 g/mol. The van der Waals surface area contributed by atoms with Crippen molar-refractivity contribution >= 4 is 11.4 Å². The Morgan fingerprint density at radius 1 is 1.19 bits per heavy atom. The number of rotatable bonds is 4. The topological polar surface area (TPSA) is 56.5 Å². The van der Waals surface area contributed by atoms with Crippen LogP contribution in [-0.2, 0) is 6.42 Å². The van der Waals surface area contributed by atoms with Crippen molar-refractivity contribution in [3.8, 4) is 11.5 Å². The molecule has 1 aliphatic rings. The molecule has 2 aromatic rings. The number of aryl methyl sites for hydroxylation is 1. The Bertz CT molecular complexity index is 628. The van der Waals surface area contributed by atoms with Gasteiger partial charge in [0.25, 0.3) is 0 Å². The molecule has 0 radical (unpaired) electrons. The van der Waals surface area contributed by atoms with Crippen molar-refractivity contribution < 1.29 is 9.47 Å². The second-order valence-electron chi connectivity index (χ2n) is 5.26. The fraction of sp³-hybridized carbons (Fsp3) is 0.294. The highest BCUT2D eigenvalue weighted by Crippen LogP contribution is 2.30. The fourth-order valence-electron chi connectivity index (χ4n) is 2.62. The van der Waals surface area contributed by atoms with Crippen LogP contribution < -0.4 is 20.5 Å². The van der Waals surface area contributed by atoms with Crippen LogP contribution in [0.25, 0.3) is 0 Å². The van der Waals surface area contributed by atoms with Gasteiger partial charge in [0.15, 0.2) is 11.5 Å². The molecule has 110 valence electrons. The second kappa shape index (κ2) is 5.95. The van der Waals surface area contributed by atoms with E-state index in [9.17, 15) is 0 Å². The molecular formula is C17H20N2O2. The molecule has 0 saturated heterocycles. The monoisotopic (exact) mass is 284 g/mol. The number of anilines is 2. The lowest BCUT2D eigenvalue weighted by Crippen LogP contribution is -2.31. The first kappa shape index (κ1) is 13.6. The van der Waals surface area contributed by atoms with E-state index in [1.807, 2.05) is 6.07 Å². The number of benzene rings is 2. The Hall–Kier alpha value is -2.36. The molecule has 1 aliphatic heterocycles. The Labute approximate surface area is 124 Å². The van der Waals surface area contributed by atoms with Crippen LogP contribution in [0.3, 0.4) is 0 Å². The number of fused-ring (bicyclic) bond motifs is 1. The summed E-state index contributed by atoms with van der Waals surface area (Å²) >= 11 is 0. The normalized spacial score (nSPS) is 16.7. The molecule has 21 heavy (non-hydrogen) atoms. The maximum absolute atomic E-state index is 5.90. The van der Waals surface area contributed by atoms with E-state index >= 15 is 0 Å². The minimum atomic E-state index is 0.297. The Kier molecular flexibility index (Phi) is 3.86. The molecule has 3 rings (SSSR count). The summed E-state index contributed by atoms with van der Waals surface area (Å²) in [6.07, 6.45) is 2.13. The third-order valence-electron chi connectivity index (χ3n) is 3.77. The summed E-state index contributed by atoms with van der Waals surface area (Å²) in [5, 5.41) is 3.52. The molecule has 0 aromatic heterocycles. The standard InChI is InChI=1S/C17H20N2O2/c1-20-16-9-7-13(18)10-17(16)21-11-14-8-6-12-4-2-3-5-15(12)19-14/h2-5,7,9-10,14,19H,6,8,11,18H2,1H3/t14-/m1/s1. The van der Waals surface area contributed by atoms with Gasteiger partial charge >= 0.3 is 0 Å². The summed E-state index contributed by atoms with van der Waals surface area (Å²) in [5.41, 5.74) is 9.05. The summed E-state index contributed by atoms with van der Waals surface area (Å²) in [5.74, 6) is 1.40. The fourth-order valence-corrected chi connectivity index (χ4v) is 2.62. The molecule has 0 bridgehead atoms. The van der Waals surface area contributed by atoms with E-state index in [1.54, 1.807) is 19.2 Å². The number of methoxy groups -OCH3 is 1. The molecule has 3 N–H and O–H groups in total. The molecule has 0 saturated carbocycles. The van der Waals surface area contributed by atoms with E-state index in [0.717, 1.165) is 12.8 Å². The second-order valence-corrected chi connectivity index (χ2v) is 5.26. The molecule has 1 heterocycles. The van der Waals surface area contributed by atoms with Gasteiger partial charge in [0.05, 0.1) is 13.2 Å². The van der Waals surface area contributed by atoms with Crippen LogP contribution in [-0.4, -0.2) is 19.8 Å². The van der Waals surface area contributed by atoms with Gasteiger partial charge in [0.2, 0.25) is 0 Å². The summed E-state index contributed by atoms with van der Waals surface area (Å²) < 4.78 is 11.2. The van der Waals surface area contributed by atoms with E-state index in [1.165, 1.54) is 11.3 Å². The van der Waals surface area contributed by atoms with E-state index < -0.39 is 0 Å². The molecule has 0 spiro atoms. The zero-order chi connectivity index (χ0) is 14.7. The van der Waals surface area contributed by atoms with Crippen LogP contribution in [0.5, 0.6) is 11.5 Å². The zero-order valence-electron chi connectivity index (χ0n) is 12.1. The molecule has 0 amide bonds. The van der Waals surface area contributed by atoms with Crippen molar-refractivity contribution in [1.29, 1.82) is 0 Å². The van der Waals surface area contributed by atoms with Crippen molar-refractivity contribution in [3.05, 3.63) is 48.0 Å². The highest BCUT2D eigenvalue weighted by Gasteiger charge is 2.18. The number of hydrogen-bond acceptors (Lipinski definition) is 4. The van der Waals surface area contributed by atoms with Crippen LogP contribution >= 0.6 is 0 Å². The highest BCUT2D eigenvalue weighted by atomic mass is 16.5. The van der Waals surface area contributed by atoms with Gasteiger partial charge in [-0.1, -0.05) is 18.2 Å². The minimum Gasteiger partial charge on any atom is -0.493 e. The third-order valence-corrected chi connectivity index (χ3v) is 3.77. The Morgan fingerprint density at radius 3 is 2.90 bits per heavy atom. The maximum Gasteiger partial charge on any atom is 0.163 e. The van der Waals surface area contributed by atoms with Crippen molar-refractivity contribution in [3.63, 3.8) is 0 Å². The van der Waals surface area contributed by atoms with Crippen molar-refractivity contribution in [2.45, 2.75) is 18.9 Å². The quantitative estimate of drug-likeness (QED) is 0.847. The van der Waals surface area contributed by atoms with E-state index in [2.05, 4.69) is 29.6 Å². The van der Waals surface area contributed by atoms with Gasteiger partial charge in [-0.3, -0.25) is 0 Å². The SMILES string of the molecule is COc1ccc(N)cc1OC[C@H]1CCc2ccccc2N1. The Morgan fingerprint density at radius 2 is 2.05 bits per heavy atom. The lowest BCUT2D eigenvalue weighted by molar-refractivity contribution is 0.272. The van der Waals surface area contributed by atoms with Crippen LogP contribution in [0.4, 0.5) is 11.4 Å². The van der Waals surface area contributed by atoms with Gasteiger partial charge in [-0.25, -0.2) is 0 Å². The predicted octanol–water partition coefficient (Wildman–Crippen LogP) is 3.08. The summed E-state index contributed by atoms with van der Waals surface area (Å²) in [4.78, 5) is 0. The van der Waals surface area contributed by atoms with Crippen LogP contribution in [0.1, 0.15) is 12.0 Å². The first-order chi connectivity index (χ1) is 10.3. The molecule has 4 heteroatoms. The van der Waals surface area contributed by atoms with Crippen LogP contribution in [0.2, 0.25) is 0 Å². The largest absolute Gasteiger partial charge is 0.493 e. The van der Waals surface area contributed by atoms with Gasteiger partial charge in [-0.15, -0.1) is 0 Å². The lowest BCUT2D eigenvalue weighted by atomic mass is 9.99. The molecular weight excluding hydrogens is 264 g/mol. The highest BCUT2D eigenvalue weighted by molar-refractivity contribution is 5.54. The van der Waals surface area contributed by atoms with Crippen LogP contribution in [0.15, 0.2) is 42.5 Å². The van der Waals surface area contributed by atoms with Gasteiger partial charge < -0.3 is 20.5 Å². The summed E-state index contributed by atoms with van der Waals surface area (Å²) in [7, 11) is 1.63. The van der Waals surface area contributed by atoms with Crippen molar-refractivity contribution in [2.24, 2.45) is 0 Å². The lowest BCUT2D eigenvalue weighted by Gasteiger charge is -2.27. The van der Waals surface area contributed by atoms with Gasteiger partial charge in [0.1, 0.15) is 6.61 Å². The van der Waals surface area contributed by atoms with Crippen LogP contribution in [0, 0.1) is 0 Å². The van der Waals surface area contributed by atoms with Crippen molar-refractivity contribution in [1.82, 2.24) is 0 Å². The van der Waals surface area contributed by atoms with Gasteiger partial charge in [0, 0.05) is 17.4 Å². The first-order valence-corrected chi connectivity index (χ1v) is 7.17. The first-order valence-electron chi connectivity index (χ1n) is 7.17. The number of nitrogen functional groups attached to an aromatic ring is 1. The van der Waals surface area contributed by atoms with E-state index in [-0.39, 0.29) is 0 Å². The molecule has 2 aromatic carbocycles. The van der Waals surface area contributed by atoms with Gasteiger partial charge in [-0.2, -0.15) is 0 Å². The zero-order valence-corrected chi connectivity index (χ0v) is 12.1. The Balaban J connectivity index is 1.65. The van der Waals surface area contributed by atoms with E-state index in [4.69, 9.17) is 15.2 Å². The molecule has 0 aliphatic carbocycles. The predicted molar refractivity (Wildman–Crippen MR) is 85.1 cm³/mol. The number of nitrogens with two attached hydrogens (primary N) is 1. The molecule has 0 unspecified atom stereocenters. The van der Waals surface area contributed by atoms with Gasteiger partial charge in [-0.05, 0) is 36.6 Å². The molecule has 1 atom stereocenters. The molecule has 0 fully saturated rings. The average Bonchev–Trinajstić information content (AvgIpc) is 2.53. The minimum absolute atomic E-state index is 0.297. The number of para-hydroxylation sites is 1. The number of hydrogen-bond donors (Lipinski definition) is 2. The molecule has 4 nitrogen and oxygen atoms in total.